The fourth-order valence-corrected chi connectivity index (χ4v) is 3.01. The molecule has 2 aliphatic heterocycles. The van der Waals surface area contributed by atoms with Gasteiger partial charge in [-0.3, -0.25) is 4.79 Å². The maximum absolute atomic E-state index is 11.4. The van der Waals surface area contributed by atoms with E-state index in [1.54, 1.807) is 0 Å². The van der Waals surface area contributed by atoms with Crippen LogP contribution in [0.15, 0.2) is 0 Å². The number of aliphatic hydroxyl groups is 6. The van der Waals surface area contributed by atoms with Crippen molar-refractivity contribution >= 4 is 5.91 Å². The minimum atomic E-state index is -1.54. The Labute approximate surface area is 149 Å². The smallest absolute Gasteiger partial charge is 0.217 e. The first-order valence-electron chi connectivity index (χ1n) is 8.14. The zero-order chi connectivity index (χ0) is 19.6. The normalized spacial score (nSPS) is 46.8. The maximum atomic E-state index is 11.4. The second kappa shape index (κ2) is 8.84. The van der Waals surface area contributed by atoms with Crippen LogP contribution in [-0.2, 0) is 19.0 Å². The van der Waals surface area contributed by atoms with Crippen LogP contribution in [0.4, 0.5) is 0 Å². The summed E-state index contributed by atoms with van der Waals surface area (Å²) in [5, 5.41) is 61.1. The summed E-state index contributed by atoms with van der Waals surface area (Å²) in [7, 11) is 0. The molecular weight excluding hydrogens is 356 g/mol. The summed E-state index contributed by atoms with van der Waals surface area (Å²) >= 11 is 0. The fourth-order valence-electron chi connectivity index (χ4n) is 3.01. The van der Waals surface area contributed by atoms with Gasteiger partial charge in [0.1, 0.15) is 42.7 Å². The molecule has 0 aromatic heterocycles. The fraction of sp³-hybridized carbons (Fsp3) is 0.929. The van der Waals surface area contributed by atoms with Gasteiger partial charge >= 0.3 is 0 Å². The Morgan fingerprint density at radius 3 is 2.19 bits per heavy atom. The monoisotopic (exact) mass is 382 g/mol. The SMILES string of the molecule is CC(=O)N[C@H]1[C@H](O[C@H]2[C@H](O)[C@@H](N)[C@H](O)O[C@@H]2CO)O[C@H](CO)[C@@H](O)[C@@H]1O. The van der Waals surface area contributed by atoms with Gasteiger partial charge in [0, 0.05) is 6.92 Å². The van der Waals surface area contributed by atoms with Crippen molar-refractivity contribution in [3.63, 3.8) is 0 Å². The number of hydrogen-bond acceptors (Lipinski definition) is 11. The van der Waals surface area contributed by atoms with Gasteiger partial charge in [-0.15, -0.1) is 0 Å². The molecule has 0 unspecified atom stereocenters. The van der Waals surface area contributed by atoms with Crippen LogP contribution < -0.4 is 11.1 Å². The summed E-state index contributed by atoms with van der Waals surface area (Å²) in [6, 6.07) is -2.48. The first-order chi connectivity index (χ1) is 12.2. The number of carbonyl (C=O) groups excluding carboxylic acids is 1. The van der Waals surface area contributed by atoms with E-state index in [9.17, 15) is 35.4 Å². The van der Waals surface area contributed by atoms with E-state index in [0.29, 0.717) is 0 Å². The summed E-state index contributed by atoms with van der Waals surface area (Å²) in [5.74, 6) is -0.549. The minimum absolute atomic E-state index is 0.549. The molecule has 2 heterocycles. The highest BCUT2D eigenvalue weighted by molar-refractivity contribution is 5.73. The number of aliphatic hydroxyl groups excluding tert-OH is 6. The van der Waals surface area contributed by atoms with Gasteiger partial charge in [0.2, 0.25) is 5.91 Å². The van der Waals surface area contributed by atoms with E-state index in [1.807, 2.05) is 0 Å². The second-order valence-electron chi connectivity index (χ2n) is 6.35. The molecule has 2 rings (SSSR count). The molecule has 2 aliphatic rings. The molecular formula is C14H26N2O10. The van der Waals surface area contributed by atoms with Gasteiger partial charge in [0.05, 0.1) is 19.3 Å². The zero-order valence-electron chi connectivity index (χ0n) is 14.1. The van der Waals surface area contributed by atoms with Crippen LogP contribution in [0.25, 0.3) is 0 Å². The number of carbonyl (C=O) groups is 1. The van der Waals surface area contributed by atoms with Crippen molar-refractivity contribution < 1.29 is 49.6 Å². The summed E-state index contributed by atoms with van der Waals surface area (Å²) < 4.78 is 16.1. The lowest BCUT2D eigenvalue weighted by atomic mass is 9.95. The van der Waals surface area contributed by atoms with Gasteiger partial charge in [-0.25, -0.2) is 0 Å². The van der Waals surface area contributed by atoms with Gasteiger partial charge in [0.25, 0.3) is 0 Å². The van der Waals surface area contributed by atoms with Crippen LogP contribution >= 0.6 is 0 Å². The van der Waals surface area contributed by atoms with Crippen molar-refractivity contribution in [3.8, 4) is 0 Å². The average Bonchev–Trinajstić information content (AvgIpc) is 2.60. The van der Waals surface area contributed by atoms with Gasteiger partial charge in [0.15, 0.2) is 12.6 Å². The highest BCUT2D eigenvalue weighted by Crippen LogP contribution is 2.28. The van der Waals surface area contributed by atoms with Crippen LogP contribution in [0.3, 0.4) is 0 Å². The largest absolute Gasteiger partial charge is 0.394 e. The molecule has 0 aromatic rings. The predicted octanol–water partition coefficient (Wildman–Crippen LogP) is -5.29. The van der Waals surface area contributed by atoms with Gasteiger partial charge in [-0.2, -0.15) is 0 Å². The molecule has 1 amide bonds. The van der Waals surface area contributed by atoms with Crippen LogP contribution in [0.5, 0.6) is 0 Å². The molecule has 2 fully saturated rings. The number of nitrogens with two attached hydrogens (primary N) is 1. The highest BCUT2D eigenvalue weighted by Gasteiger charge is 2.50. The van der Waals surface area contributed by atoms with Crippen molar-refractivity contribution in [2.75, 3.05) is 13.2 Å². The quantitative estimate of drug-likeness (QED) is 0.225. The molecule has 0 radical (unpaired) electrons. The lowest BCUT2D eigenvalue weighted by Gasteiger charge is -2.46. The third kappa shape index (κ3) is 4.31. The Morgan fingerprint density at radius 2 is 1.65 bits per heavy atom. The van der Waals surface area contributed by atoms with Crippen molar-refractivity contribution in [2.24, 2.45) is 5.73 Å². The number of rotatable bonds is 5. The lowest BCUT2D eigenvalue weighted by molar-refractivity contribution is -0.326. The van der Waals surface area contributed by atoms with E-state index in [0.717, 1.165) is 0 Å². The van der Waals surface area contributed by atoms with E-state index >= 15 is 0 Å². The van der Waals surface area contributed by atoms with E-state index < -0.39 is 80.4 Å². The first-order valence-corrected chi connectivity index (χ1v) is 8.14. The Bertz CT molecular complexity index is 481. The number of hydrogen-bond donors (Lipinski definition) is 8. The van der Waals surface area contributed by atoms with Crippen LogP contribution in [0, 0.1) is 0 Å². The molecule has 0 bridgehead atoms. The summed E-state index contributed by atoms with van der Waals surface area (Å²) in [6.45, 7) is -0.0937. The average molecular weight is 382 g/mol. The summed E-state index contributed by atoms with van der Waals surface area (Å²) in [5.41, 5.74) is 5.63. The lowest BCUT2D eigenvalue weighted by Crippen LogP contribution is -2.68. The topological polar surface area (TPSA) is 204 Å². The summed E-state index contributed by atoms with van der Waals surface area (Å²) in [4.78, 5) is 11.4. The van der Waals surface area contributed by atoms with Crippen LogP contribution in [0.1, 0.15) is 6.92 Å². The van der Waals surface area contributed by atoms with Crippen LogP contribution in [0.2, 0.25) is 0 Å². The number of amides is 1. The number of nitrogens with one attached hydrogen (secondary N) is 1. The first kappa shape index (κ1) is 21.4. The van der Waals surface area contributed by atoms with Crippen molar-refractivity contribution in [1.29, 1.82) is 0 Å². The van der Waals surface area contributed by atoms with E-state index in [4.69, 9.17) is 19.9 Å². The standard InChI is InChI=1S/C14H26N2O10/c1-4(19)16-8-11(22)9(20)5(2-17)25-14(8)26-12-6(3-18)24-13(23)7(15)10(12)21/h5-14,17-18,20-23H,2-3,15H2,1H3,(H,16,19)/t5-,6-,7-,8-,9-,10-,11-,12-,13-,14+/m1/s1. The highest BCUT2D eigenvalue weighted by atomic mass is 16.7. The molecule has 152 valence electrons. The minimum Gasteiger partial charge on any atom is -0.394 e. The van der Waals surface area contributed by atoms with Gasteiger partial charge < -0.3 is 55.9 Å². The van der Waals surface area contributed by atoms with E-state index in [1.165, 1.54) is 6.92 Å². The molecule has 0 aromatic carbocycles. The van der Waals surface area contributed by atoms with Crippen molar-refractivity contribution in [2.45, 2.75) is 68.2 Å². The molecule has 0 aliphatic carbocycles. The molecule has 0 spiro atoms. The van der Waals surface area contributed by atoms with Crippen molar-refractivity contribution in [1.82, 2.24) is 5.32 Å². The zero-order valence-corrected chi connectivity index (χ0v) is 14.1. The number of ether oxygens (including phenoxy) is 3. The molecule has 10 atom stereocenters. The van der Waals surface area contributed by atoms with Gasteiger partial charge in [-0.1, -0.05) is 0 Å². The Kier molecular flexibility index (Phi) is 7.27. The molecule has 2 saturated heterocycles. The molecule has 9 N–H and O–H groups in total. The third-order valence-corrected chi connectivity index (χ3v) is 4.46. The van der Waals surface area contributed by atoms with E-state index in [2.05, 4.69) is 5.32 Å². The summed E-state index contributed by atoms with van der Waals surface area (Å²) in [6.07, 6.45) is -11.1. The third-order valence-electron chi connectivity index (χ3n) is 4.46. The second-order valence-corrected chi connectivity index (χ2v) is 6.35. The molecule has 0 saturated carbocycles. The van der Waals surface area contributed by atoms with Crippen molar-refractivity contribution in [3.05, 3.63) is 0 Å². The Morgan fingerprint density at radius 1 is 1.04 bits per heavy atom. The molecule has 12 nitrogen and oxygen atoms in total. The van der Waals surface area contributed by atoms with E-state index in [-0.39, 0.29) is 0 Å². The van der Waals surface area contributed by atoms with Gasteiger partial charge in [-0.05, 0) is 0 Å². The molecule has 12 heteroatoms. The van der Waals surface area contributed by atoms with Crippen LogP contribution in [-0.4, -0.2) is 111 Å². The Balaban J connectivity index is 2.22. The maximum Gasteiger partial charge on any atom is 0.217 e. The predicted molar refractivity (Wildman–Crippen MR) is 82.2 cm³/mol. The Hall–Kier alpha value is -0.930. The molecule has 26 heavy (non-hydrogen) atoms.